The molecule has 0 radical (unpaired) electrons. The molecule has 0 heterocycles. The van der Waals surface area contributed by atoms with E-state index in [1.807, 2.05) is 20.8 Å². The van der Waals surface area contributed by atoms with Crippen LogP contribution in [0.3, 0.4) is 0 Å². The molecule has 0 spiro atoms. The van der Waals surface area contributed by atoms with Gasteiger partial charge < -0.3 is 9.74 Å². The maximum Gasteiger partial charge on any atom is 0.233 e. The first kappa shape index (κ1) is 29.8. The van der Waals surface area contributed by atoms with Gasteiger partial charge in [0.2, 0.25) is 6.41 Å². The molecule has 5 nitrogen and oxygen atoms in total. The maximum absolute atomic E-state index is 12.3. The van der Waals surface area contributed by atoms with Gasteiger partial charge in [-0.05, 0) is 89.4 Å². The molecule has 2 rings (SSSR count). The summed E-state index contributed by atoms with van der Waals surface area (Å²) >= 11 is 0. The number of hydrogen-bond acceptors (Lipinski definition) is 4. The predicted molar refractivity (Wildman–Crippen MR) is 145 cm³/mol. The highest BCUT2D eigenvalue weighted by molar-refractivity contribution is 6.74. The molecule has 1 amide bonds. The lowest BCUT2D eigenvalue weighted by Gasteiger charge is -2.43. The van der Waals surface area contributed by atoms with Gasteiger partial charge in [0.25, 0.3) is 0 Å². The molecule has 2 unspecified atom stereocenters. The van der Waals surface area contributed by atoms with E-state index >= 15 is 0 Å². The SMILES string of the molecule is CC(C)(C)ON(C=O)C(CC(CNCC1CCCCC1)O[Si](C)(C)C(C)(C)C)C1CCCCC1. The molecule has 200 valence electrons. The summed E-state index contributed by atoms with van der Waals surface area (Å²) in [5, 5.41) is 5.60. The summed E-state index contributed by atoms with van der Waals surface area (Å²) < 4.78 is 7.02. The van der Waals surface area contributed by atoms with E-state index < -0.39 is 13.9 Å². The van der Waals surface area contributed by atoms with Crippen LogP contribution in [0.15, 0.2) is 0 Å². The Morgan fingerprint density at radius 1 is 0.941 bits per heavy atom. The Morgan fingerprint density at radius 2 is 1.50 bits per heavy atom. The Morgan fingerprint density at radius 3 is 2.00 bits per heavy atom. The molecular weight excluding hydrogens is 440 g/mol. The van der Waals surface area contributed by atoms with Crippen molar-refractivity contribution in [3.05, 3.63) is 0 Å². The van der Waals surface area contributed by atoms with Gasteiger partial charge in [0.05, 0.1) is 17.7 Å². The van der Waals surface area contributed by atoms with Crippen LogP contribution in [-0.4, -0.2) is 50.6 Å². The number of hydrogen-bond donors (Lipinski definition) is 1. The lowest BCUT2D eigenvalue weighted by atomic mass is 9.81. The molecule has 0 aliphatic heterocycles. The minimum Gasteiger partial charge on any atom is -0.413 e. The van der Waals surface area contributed by atoms with Crippen LogP contribution in [0.1, 0.15) is 112 Å². The number of carbonyl (C=O) groups excluding carboxylic acids is 1. The molecule has 2 atom stereocenters. The molecule has 0 aromatic carbocycles. The van der Waals surface area contributed by atoms with Crippen molar-refractivity contribution in [2.75, 3.05) is 13.1 Å². The highest BCUT2D eigenvalue weighted by Crippen LogP contribution is 2.39. The third-order valence-electron chi connectivity index (χ3n) is 8.31. The second-order valence-electron chi connectivity index (χ2n) is 13.5. The van der Waals surface area contributed by atoms with Gasteiger partial charge >= 0.3 is 0 Å². The molecule has 0 saturated heterocycles. The van der Waals surface area contributed by atoms with E-state index in [9.17, 15) is 4.79 Å². The minimum absolute atomic E-state index is 0.0586. The Hall–Kier alpha value is -0.433. The normalized spacial score (nSPS) is 21.3. The largest absolute Gasteiger partial charge is 0.413 e. The van der Waals surface area contributed by atoms with Crippen molar-refractivity contribution >= 4 is 14.7 Å². The monoisotopic (exact) mass is 496 g/mol. The van der Waals surface area contributed by atoms with Crippen LogP contribution >= 0.6 is 0 Å². The number of nitrogens with one attached hydrogen (secondary N) is 1. The van der Waals surface area contributed by atoms with Gasteiger partial charge in [-0.1, -0.05) is 59.3 Å². The molecule has 1 N–H and O–H groups in total. The molecular formula is C28H56N2O3Si. The topological polar surface area (TPSA) is 50.8 Å². The van der Waals surface area contributed by atoms with E-state index in [-0.39, 0.29) is 17.2 Å². The maximum atomic E-state index is 12.3. The van der Waals surface area contributed by atoms with Crippen LogP contribution in [0, 0.1) is 11.8 Å². The van der Waals surface area contributed by atoms with Crippen LogP contribution in [-0.2, 0) is 14.1 Å². The Kier molecular flexibility index (Phi) is 11.6. The van der Waals surface area contributed by atoms with Crippen LogP contribution in [0.5, 0.6) is 0 Å². The Balaban J connectivity index is 2.18. The number of nitrogens with zero attached hydrogens (tertiary/aromatic N) is 1. The van der Waals surface area contributed by atoms with E-state index in [4.69, 9.17) is 9.26 Å². The molecule has 2 aliphatic carbocycles. The summed E-state index contributed by atoms with van der Waals surface area (Å²) in [5.74, 6) is 1.28. The Labute approximate surface area is 212 Å². The average Bonchev–Trinajstić information content (AvgIpc) is 2.75. The fraction of sp³-hybridized carbons (Fsp3) is 0.964. The van der Waals surface area contributed by atoms with Gasteiger partial charge in [0.15, 0.2) is 8.32 Å². The van der Waals surface area contributed by atoms with E-state index in [0.29, 0.717) is 5.92 Å². The van der Waals surface area contributed by atoms with E-state index in [1.54, 1.807) is 5.06 Å². The zero-order chi connectivity index (χ0) is 25.4. The zero-order valence-electron chi connectivity index (χ0n) is 23.8. The van der Waals surface area contributed by atoms with Gasteiger partial charge in [-0.3, -0.25) is 9.63 Å². The summed E-state index contributed by atoms with van der Waals surface area (Å²) in [5.41, 5.74) is -0.400. The van der Waals surface area contributed by atoms with Crippen molar-refractivity contribution in [1.82, 2.24) is 10.4 Å². The summed E-state index contributed by atoms with van der Waals surface area (Å²) in [4.78, 5) is 18.5. The number of amides is 1. The number of carbonyl (C=O) groups is 1. The summed E-state index contributed by atoms with van der Waals surface area (Å²) in [6, 6.07) is 0.0586. The van der Waals surface area contributed by atoms with Crippen LogP contribution in [0.2, 0.25) is 18.1 Å². The first-order valence-electron chi connectivity index (χ1n) is 14.1. The van der Waals surface area contributed by atoms with E-state index in [2.05, 4.69) is 39.2 Å². The molecule has 34 heavy (non-hydrogen) atoms. The van der Waals surface area contributed by atoms with E-state index in [1.165, 1.54) is 64.2 Å². The van der Waals surface area contributed by atoms with Crippen molar-refractivity contribution < 1.29 is 14.1 Å². The molecule has 2 fully saturated rings. The lowest BCUT2D eigenvalue weighted by Crippen LogP contribution is -2.51. The smallest absolute Gasteiger partial charge is 0.233 e. The summed E-state index contributed by atoms with van der Waals surface area (Å²) in [6.45, 7) is 19.6. The van der Waals surface area contributed by atoms with Crippen molar-refractivity contribution in [3.8, 4) is 0 Å². The van der Waals surface area contributed by atoms with Crippen molar-refractivity contribution in [3.63, 3.8) is 0 Å². The molecule has 0 bridgehead atoms. The third kappa shape index (κ3) is 9.91. The standard InChI is InChI=1S/C28H56N2O3Si/c1-27(2,3)33-30(22-31)26(24-17-13-10-14-18-24)19-25(32-34(7,8)28(4,5)6)21-29-20-23-15-11-9-12-16-23/h22-26,29H,9-21H2,1-8H3. The van der Waals surface area contributed by atoms with Crippen molar-refractivity contribution in [2.45, 2.75) is 148 Å². The minimum atomic E-state index is -1.95. The molecule has 0 aromatic heterocycles. The highest BCUT2D eigenvalue weighted by Gasteiger charge is 2.41. The zero-order valence-corrected chi connectivity index (χ0v) is 24.8. The van der Waals surface area contributed by atoms with Gasteiger partial charge in [-0.25, -0.2) is 5.06 Å². The first-order chi connectivity index (χ1) is 15.8. The fourth-order valence-corrected chi connectivity index (χ4v) is 6.75. The van der Waals surface area contributed by atoms with Gasteiger partial charge in [-0.15, -0.1) is 0 Å². The van der Waals surface area contributed by atoms with Crippen LogP contribution in [0.25, 0.3) is 0 Å². The molecule has 0 aromatic rings. The van der Waals surface area contributed by atoms with Crippen molar-refractivity contribution in [1.29, 1.82) is 0 Å². The fourth-order valence-electron chi connectivity index (χ4n) is 5.38. The summed E-state index contributed by atoms with van der Waals surface area (Å²) in [6.07, 6.45) is 14.8. The van der Waals surface area contributed by atoms with Crippen LogP contribution < -0.4 is 5.32 Å². The third-order valence-corrected chi connectivity index (χ3v) is 12.8. The lowest BCUT2D eigenvalue weighted by molar-refractivity contribution is -0.242. The van der Waals surface area contributed by atoms with Gasteiger partial charge in [0, 0.05) is 6.54 Å². The second kappa shape index (κ2) is 13.2. The average molecular weight is 497 g/mol. The molecule has 2 aliphatic rings. The van der Waals surface area contributed by atoms with Crippen molar-refractivity contribution in [2.24, 2.45) is 11.8 Å². The van der Waals surface area contributed by atoms with Gasteiger partial charge in [-0.2, -0.15) is 0 Å². The summed E-state index contributed by atoms with van der Waals surface area (Å²) in [7, 11) is -1.95. The predicted octanol–water partition coefficient (Wildman–Crippen LogP) is 7.07. The molecule has 2 saturated carbocycles. The van der Waals surface area contributed by atoms with E-state index in [0.717, 1.165) is 31.8 Å². The number of hydroxylamine groups is 2. The second-order valence-corrected chi connectivity index (χ2v) is 18.3. The number of rotatable bonds is 12. The first-order valence-corrected chi connectivity index (χ1v) is 17.0. The molecule has 6 heteroatoms. The highest BCUT2D eigenvalue weighted by atomic mass is 28.4. The van der Waals surface area contributed by atoms with Gasteiger partial charge in [0.1, 0.15) is 0 Å². The Bertz CT molecular complexity index is 587. The van der Waals surface area contributed by atoms with Crippen LogP contribution in [0.4, 0.5) is 0 Å². The quantitative estimate of drug-likeness (QED) is 0.178.